The Morgan fingerprint density at radius 2 is 1.94 bits per heavy atom. The predicted molar refractivity (Wildman–Crippen MR) is 62.0 cm³/mol. The Morgan fingerprint density at radius 3 is 2.50 bits per heavy atom. The minimum atomic E-state index is 0.237. The first-order valence-corrected chi connectivity index (χ1v) is 5.14. The van der Waals surface area contributed by atoms with Crippen molar-refractivity contribution < 1.29 is 0 Å². The maximum absolute atomic E-state index is 10.1. The van der Waals surface area contributed by atoms with Gasteiger partial charge in [-0.05, 0) is 23.6 Å². The number of hydrogen-bond donors (Lipinski definition) is 0. The molecule has 0 saturated heterocycles. The number of rotatable bonds is 4. The van der Waals surface area contributed by atoms with Gasteiger partial charge >= 0.3 is 0 Å². The lowest BCUT2D eigenvalue weighted by molar-refractivity contribution is 0.686. The molecule has 0 bridgehead atoms. The third-order valence-corrected chi connectivity index (χ3v) is 2.38. The van der Waals surface area contributed by atoms with E-state index in [0.717, 1.165) is 23.2 Å². The van der Waals surface area contributed by atoms with Crippen LogP contribution in [0.5, 0.6) is 0 Å². The van der Waals surface area contributed by atoms with Gasteiger partial charge in [-0.1, -0.05) is 29.4 Å². The zero-order chi connectivity index (χ0) is 11.4. The van der Waals surface area contributed by atoms with E-state index in [9.17, 15) is 4.91 Å². The largest absolute Gasteiger partial charge is 0.268 e. The zero-order valence-corrected chi connectivity index (χ0v) is 9.13. The minimum absolute atomic E-state index is 0.237. The number of aryl methyl sites for hydroxylation is 1. The molecule has 2 aromatic rings. The van der Waals surface area contributed by atoms with Gasteiger partial charge in [0.2, 0.25) is 0 Å². The van der Waals surface area contributed by atoms with Crippen molar-refractivity contribution >= 4 is 0 Å². The van der Waals surface area contributed by atoms with Crippen molar-refractivity contribution in [2.24, 2.45) is 5.18 Å². The highest BCUT2D eigenvalue weighted by atomic mass is 16.3. The van der Waals surface area contributed by atoms with Crippen LogP contribution in [0.3, 0.4) is 0 Å². The predicted octanol–water partition coefficient (Wildman–Crippen LogP) is 2.51. The highest BCUT2D eigenvalue weighted by molar-refractivity contribution is 5.22. The summed E-state index contributed by atoms with van der Waals surface area (Å²) in [6, 6.07) is 7.84. The lowest BCUT2D eigenvalue weighted by Gasteiger charge is -2.02. The highest BCUT2D eigenvalue weighted by Crippen LogP contribution is 2.07. The van der Waals surface area contributed by atoms with Crippen molar-refractivity contribution in [3.8, 4) is 0 Å². The third kappa shape index (κ3) is 2.53. The lowest BCUT2D eigenvalue weighted by Crippen LogP contribution is -1.99. The SMILES string of the molecule is Cc1cnn(Cc2ccc(CN=O)cc2)c1. The maximum atomic E-state index is 10.1. The summed E-state index contributed by atoms with van der Waals surface area (Å²) in [5, 5.41) is 7.07. The minimum Gasteiger partial charge on any atom is -0.268 e. The molecule has 0 aliphatic carbocycles. The summed E-state index contributed by atoms with van der Waals surface area (Å²) in [5.41, 5.74) is 3.26. The van der Waals surface area contributed by atoms with Crippen LogP contribution < -0.4 is 0 Å². The van der Waals surface area contributed by atoms with Crippen molar-refractivity contribution in [1.82, 2.24) is 9.78 Å². The summed E-state index contributed by atoms with van der Waals surface area (Å²) < 4.78 is 1.89. The molecular formula is C12H13N3O. The smallest absolute Gasteiger partial charge is 0.106 e. The van der Waals surface area contributed by atoms with E-state index < -0.39 is 0 Å². The topological polar surface area (TPSA) is 47.2 Å². The molecule has 0 aliphatic rings. The Hall–Kier alpha value is -1.97. The Morgan fingerprint density at radius 1 is 1.25 bits per heavy atom. The summed E-state index contributed by atoms with van der Waals surface area (Å²) in [4.78, 5) is 10.1. The van der Waals surface area contributed by atoms with E-state index in [1.165, 1.54) is 0 Å². The lowest BCUT2D eigenvalue weighted by atomic mass is 10.1. The van der Waals surface area contributed by atoms with E-state index in [2.05, 4.69) is 10.3 Å². The maximum Gasteiger partial charge on any atom is 0.106 e. The summed E-state index contributed by atoms with van der Waals surface area (Å²) >= 11 is 0. The molecule has 0 fully saturated rings. The van der Waals surface area contributed by atoms with E-state index >= 15 is 0 Å². The van der Waals surface area contributed by atoms with Crippen LogP contribution in [0.2, 0.25) is 0 Å². The Labute approximate surface area is 93.9 Å². The van der Waals surface area contributed by atoms with E-state index in [-0.39, 0.29) is 6.54 Å². The van der Waals surface area contributed by atoms with Crippen LogP contribution in [0.15, 0.2) is 41.8 Å². The van der Waals surface area contributed by atoms with Gasteiger partial charge in [0.1, 0.15) is 6.54 Å². The monoisotopic (exact) mass is 215 g/mol. The fraction of sp³-hybridized carbons (Fsp3) is 0.250. The van der Waals surface area contributed by atoms with Crippen LogP contribution in [-0.4, -0.2) is 9.78 Å². The van der Waals surface area contributed by atoms with Gasteiger partial charge in [-0.3, -0.25) is 4.68 Å². The fourth-order valence-electron chi connectivity index (χ4n) is 1.57. The quantitative estimate of drug-likeness (QED) is 0.736. The third-order valence-electron chi connectivity index (χ3n) is 2.38. The standard InChI is InChI=1S/C12H13N3O/c1-10-6-13-15(8-10)9-12-4-2-11(3-5-12)7-14-16/h2-6,8H,7,9H2,1H3. The first-order chi connectivity index (χ1) is 7.78. The summed E-state index contributed by atoms with van der Waals surface area (Å²) in [5.74, 6) is 0. The van der Waals surface area contributed by atoms with Gasteiger partial charge in [-0.25, -0.2) is 0 Å². The van der Waals surface area contributed by atoms with Crippen LogP contribution in [0.1, 0.15) is 16.7 Å². The summed E-state index contributed by atoms with van der Waals surface area (Å²) in [7, 11) is 0. The molecule has 0 radical (unpaired) electrons. The molecule has 82 valence electrons. The van der Waals surface area contributed by atoms with Crippen LogP contribution in [0.4, 0.5) is 0 Å². The average molecular weight is 215 g/mol. The molecule has 16 heavy (non-hydrogen) atoms. The molecule has 1 heterocycles. The molecule has 0 aliphatic heterocycles. The molecule has 2 rings (SSSR count). The van der Waals surface area contributed by atoms with Gasteiger partial charge in [0.25, 0.3) is 0 Å². The molecular weight excluding hydrogens is 202 g/mol. The zero-order valence-electron chi connectivity index (χ0n) is 9.13. The molecule has 1 aromatic heterocycles. The summed E-state index contributed by atoms with van der Waals surface area (Å²) in [6.45, 7) is 3.01. The molecule has 4 nitrogen and oxygen atoms in total. The highest BCUT2D eigenvalue weighted by Gasteiger charge is 1.97. The number of benzene rings is 1. The van der Waals surface area contributed by atoms with Gasteiger partial charge in [0, 0.05) is 6.20 Å². The number of aromatic nitrogens is 2. The second kappa shape index (κ2) is 4.70. The molecule has 0 atom stereocenters. The van der Waals surface area contributed by atoms with E-state index in [1.54, 1.807) is 0 Å². The van der Waals surface area contributed by atoms with Crippen molar-refractivity contribution in [3.05, 3.63) is 58.3 Å². The van der Waals surface area contributed by atoms with Gasteiger partial charge in [-0.15, -0.1) is 0 Å². The van der Waals surface area contributed by atoms with Gasteiger partial charge in [0.15, 0.2) is 0 Å². The van der Waals surface area contributed by atoms with Gasteiger partial charge < -0.3 is 0 Å². The average Bonchev–Trinajstić information content (AvgIpc) is 2.67. The van der Waals surface area contributed by atoms with Crippen LogP contribution in [0.25, 0.3) is 0 Å². The first kappa shape index (κ1) is 10.5. The molecule has 0 unspecified atom stereocenters. The van der Waals surface area contributed by atoms with E-state index in [0.29, 0.717) is 0 Å². The molecule has 0 N–H and O–H groups in total. The molecule has 4 heteroatoms. The van der Waals surface area contributed by atoms with Crippen LogP contribution in [-0.2, 0) is 13.1 Å². The first-order valence-electron chi connectivity index (χ1n) is 5.14. The van der Waals surface area contributed by atoms with Crippen molar-refractivity contribution in [2.75, 3.05) is 0 Å². The van der Waals surface area contributed by atoms with Crippen molar-refractivity contribution in [2.45, 2.75) is 20.0 Å². The van der Waals surface area contributed by atoms with E-state index in [1.807, 2.05) is 48.3 Å². The number of nitrogens with zero attached hydrogens (tertiary/aromatic N) is 3. The molecule has 1 aromatic carbocycles. The Kier molecular flexibility index (Phi) is 3.10. The second-order valence-electron chi connectivity index (χ2n) is 3.82. The van der Waals surface area contributed by atoms with Crippen LogP contribution >= 0.6 is 0 Å². The fourth-order valence-corrected chi connectivity index (χ4v) is 1.57. The Balaban J connectivity index is 2.07. The normalized spacial score (nSPS) is 10.3. The Bertz CT molecular complexity index is 473. The van der Waals surface area contributed by atoms with Crippen LogP contribution in [0, 0.1) is 11.8 Å². The van der Waals surface area contributed by atoms with Gasteiger partial charge in [0.05, 0.1) is 12.7 Å². The molecule has 0 amide bonds. The van der Waals surface area contributed by atoms with E-state index in [4.69, 9.17) is 0 Å². The van der Waals surface area contributed by atoms with Gasteiger partial charge in [-0.2, -0.15) is 10.0 Å². The molecule has 0 spiro atoms. The summed E-state index contributed by atoms with van der Waals surface area (Å²) in [6.07, 6.45) is 3.84. The van der Waals surface area contributed by atoms with Crippen molar-refractivity contribution in [1.29, 1.82) is 0 Å². The second-order valence-corrected chi connectivity index (χ2v) is 3.82. The van der Waals surface area contributed by atoms with Crippen molar-refractivity contribution in [3.63, 3.8) is 0 Å². The molecule has 0 saturated carbocycles. The number of nitroso groups, excluding NO2 is 1. The number of hydrogen-bond acceptors (Lipinski definition) is 3.